The molecular formula is C6H14LiNSi. The quantitative estimate of drug-likeness (QED) is 0.362. The average molecular weight is 135 g/mol. The number of hydrogen-bond donors (Lipinski definition) is 0. The number of hydrogen-bond acceptors (Lipinski definition) is 0. The summed E-state index contributed by atoms with van der Waals surface area (Å²) in [5, 5.41) is 0. The van der Waals surface area contributed by atoms with Crippen molar-refractivity contribution in [2.24, 2.45) is 0 Å². The molecule has 0 aliphatic heterocycles. The fraction of sp³-hybridized carbons (Fsp3) is 0.667. The second-order valence-corrected chi connectivity index (χ2v) is 7.46. The van der Waals surface area contributed by atoms with Crippen LogP contribution in [0.2, 0.25) is 19.6 Å². The van der Waals surface area contributed by atoms with E-state index < -0.39 is 8.24 Å². The Morgan fingerprint density at radius 1 is 1.44 bits per heavy atom. The van der Waals surface area contributed by atoms with Gasteiger partial charge in [-0.3, -0.25) is 0 Å². The predicted octanol–water partition coefficient (Wildman–Crippen LogP) is -0.615. The Labute approximate surface area is 71.2 Å². The van der Waals surface area contributed by atoms with Gasteiger partial charge in [-0.2, -0.15) is 0 Å². The summed E-state index contributed by atoms with van der Waals surface area (Å²) < 4.78 is 0. The van der Waals surface area contributed by atoms with Gasteiger partial charge < -0.3 is 4.98 Å². The molecule has 0 aromatic heterocycles. The molecule has 1 nitrogen and oxygen atoms in total. The van der Waals surface area contributed by atoms with Gasteiger partial charge in [0, 0.05) is 0 Å². The molecule has 0 spiro atoms. The Morgan fingerprint density at radius 3 is 2.00 bits per heavy atom. The van der Waals surface area contributed by atoms with Crippen LogP contribution in [0.4, 0.5) is 0 Å². The SMILES string of the molecule is C=CC[N-][Si](C)(C)C.[Li+]. The van der Waals surface area contributed by atoms with Gasteiger partial charge in [0.1, 0.15) is 0 Å². The molecule has 0 N–H and O–H groups in total. The van der Waals surface area contributed by atoms with Crippen LogP contribution in [0.5, 0.6) is 0 Å². The molecule has 0 atom stereocenters. The van der Waals surface area contributed by atoms with Crippen molar-refractivity contribution in [2.45, 2.75) is 19.6 Å². The molecule has 0 saturated carbocycles. The van der Waals surface area contributed by atoms with Crippen molar-refractivity contribution in [3.05, 3.63) is 17.6 Å². The molecule has 0 heterocycles. The van der Waals surface area contributed by atoms with E-state index in [2.05, 4.69) is 31.2 Å². The molecule has 0 rings (SSSR count). The van der Waals surface area contributed by atoms with Crippen molar-refractivity contribution in [1.29, 1.82) is 0 Å². The van der Waals surface area contributed by atoms with Crippen molar-refractivity contribution in [3.63, 3.8) is 0 Å². The van der Waals surface area contributed by atoms with E-state index in [1.54, 1.807) is 0 Å². The first-order chi connectivity index (χ1) is 3.56. The maximum absolute atomic E-state index is 4.40. The van der Waals surface area contributed by atoms with Crippen molar-refractivity contribution in [2.75, 3.05) is 6.54 Å². The monoisotopic (exact) mass is 135 g/mol. The van der Waals surface area contributed by atoms with Crippen LogP contribution in [0.1, 0.15) is 0 Å². The summed E-state index contributed by atoms with van der Waals surface area (Å²) in [6.45, 7) is 11.1. The molecule has 0 aliphatic rings. The van der Waals surface area contributed by atoms with Crippen molar-refractivity contribution < 1.29 is 18.9 Å². The summed E-state index contributed by atoms with van der Waals surface area (Å²) in [6.07, 6.45) is 1.85. The van der Waals surface area contributed by atoms with E-state index in [1.807, 2.05) is 6.08 Å². The minimum atomic E-state index is -1.12. The molecule has 3 heteroatoms. The van der Waals surface area contributed by atoms with Crippen molar-refractivity contribution in [3.8, 4) is 0 Å². The normalized spacial score (nSPS) is 10.1. The topological polar surface area (TPSA) is 14.1 Å². The van der Waals surface area contributed by atoms with Crippen LogP contribution in [-0.2, 0) is 0 Å². The van der Waals surface area contributed by atoms with Gasteiger partial charge in [0.05, 0.1) is 0 Å². The van der Waals surface area contributed by atoms with Crippen LogP contribution in [-0.4, -0.2) is 14.8 Å². The first-order valence-corrected chi connectivity index (χ1v) is 6.30. The second kappa shape index (κ2) is 5.31. The first kappa shape index (κ1) is 12.2. The van der Waals surface area contributed by atoms with E-state index >= 15 is 0 Å². The van der Waals surface area contributed by atoms with E-state index in [1.165, 1.54) is 0 Å². The molecule has 0 aromatic carbocycles. The van der Waals surface area contributed by atoms with E-state index in [4.69, 9.17) is 0 Å². The third-order valence-electron chi connectivity index (χ3n) is 0.695. The molecule has 0 bridgehead atoms. The third-order valence-corrected chi connectivity index (χ3v) is 1.83. The maximum Gasteiger partial charge on any atom is 1.00 e. The van der Waals surface area contributed by atoms with E-state index in [9.17, 15) is 0 Å². The molecule has 0 amide bonds. The van der Waals surface area contributed by atoms with Gasteiger partial charge in [0.15, 0.2) is 0 Å². The van der Waals surface area contributed by atoms with E-state index in [0.717, 1.165) is 6.54 Å². The van der Waals surface area contributed by atoms with Crippen molar-refractivity contribution in [1.82, 2.24) is 0 Å². The Hall–Kier alpha value is 0.514. The summed E-state index contributed by atoms with van der Waals surface area (Å²) in [7, 11) is -1.12. The van der Waals surface area contributed by atoms with Crippen molar-refractivity contribution >= 4 is 8.24 Å². The van der Waals surface area contributed by atoms with Gasteiger partial charge in [-0.1, -0.05) is 27.9 Å². The predicted molar refractivity (Wildman–Crippen MR) is 41.8 cm³/mol. The minimum Gasteiger partial charge on any atom is -0.662 e. The summed E-state index contributed by atoms with van der Waals surface area (Å²) in [5.41, 5.74) is 0. The average Bonchev–Trinajstić information content (AvgIpc) is 1.59. The van der Waals surface area contributed by atoms with E-state index in [0.29, 0.717) is 0 Å². The molecule has 0 saturated heterocycles. The Kier molecular flexibility index (Phi) is 7.21. The first-order valence-electron chi connectivity index (χ1n) is 2.86. The van der Waals surface area contributed by atoms with Crippen LogP contribution >= 0.6 is 0 Å². The molecule has 0 unspecified atom stereocenters. The molecule has 0 fully saturated rings. The summed E-state index contributed by atoms with van der Waals surface area (Å²) >= 11 is 0. The Morgan fingerprint density at radius 2 is 1.89 bits per heavy atom. The van der Waals surface area contributed by atoms with Gasteiger partial charge in [-0.25, -0.2) is 0 Å². The molecule has 9 heavy (non-hydrogen) atoms. The minimum absolute atomic E-state index is 0. The van der Waals surface area contributed by atoms with Crippen LogP contribution in [0.25, 0.3) is 4.98 Å². The molecule has 0 aliphatic carbocycles. The fourth-order valence-electron chi connectivity index (χ4n) is 0.338. The van der Waals surface area contributed by atoms with Crippen LogP contribution in [0.15, 0.2) is 12.7 Å². The van der Waals surface area contributed by atoms with Crippen LogP contribution in [0, 0.1) is 0 Å². The largest absolute Gasteiger partial charge is 1.00 e. The zero-order chi connectivity index (χ0) is 6.62. The van der Waals surface area contributed by atoms with Gasteiger partial charge in [-0.05, 0) is 0 Å². The zero-order valence-corrected chi connectivity index (χ0v) is 7.94. The van der Waals surface area contributed by atoms with Gasteiger partial charge in [0.2, 0.25) is 0 Å². The Balaban J connectivity index is 0. The second-order valence-electron chi connectivity index (χ2n) is 2.80. The molecule has 0 radical (unpaired) electrons. The Bertz CT molecular complexity index is 77.6. The van der Waals surface area contributed by atoms with Gasteiger partial charge in [0.25, 0.3) is 0 Å². The smallest absolute Gasteiger partial charge is 0.662 e. The van der Waals surface area contributed by atoms with Crippen LogP contribution in [0.3, 0.4) is 0 Å². The molecule has 0 aromatic rings. The third kappa shape index (κ3) is 11.9. The maximum atomic E-state index is 4.40. The summed E-state index contributed by atoms with van der Waals surface area (Å²) in [5.74, 6) is 0. The van der Waals surface area contributed by atoms with Gasteiger partial charge >= 0.3 is 18.9 Å². The fourth-order valence-corrected chi connectivity index (χ4v) is 1.02. The summed E-state index contributed by atoms with van der Waals surface area (Å²) in [4.78, 5) is 4.40. The van der Waals surface area contributed by atoms with Gasteiger partial charge in [-0.15, -0.1) is 19.2 Å². The van der Waals surface area contributed by atoms with E-state index in [-0.39, 0.29) is 18.9 Å². The number of nitrogens with zero attached hydrogens (tertiary/aromatic N) is 1. The summed E-state index contributed by atoms with van der Waals surface area (Å²) in [6, 6.07) is 0. The molecule has 48 valence electrons. The zero-order valence-electron chi connectivity index (χ0n) is 6.94. The number of rotatable bonds is 3. The van der Waals surface area contributed by atoms with Crippen LogP contribution < -0.4 is 18.9 Å². The standard InChI is InChI=1S/C6H14NSi.Li/c1-5-6-7-8(2,3)4;/h5H,1,6H2,2-4H3;/q-1;+1. The molecular weight excluding hydrogens is 121 g/mol.